The number of nitrogens with zero attached hydrogens (tertiary/aromatic N) is 4. The normalized spacial score (nSPS) is 12.2. The second-order valence-electron chi connectivity index (χ2n) is 11.0. The minimum absolute atomic E-state index is 0.139. The van der Waals surface area contributed by atoms with Crippen LogP contribution in [0.2, 0.25) is 0 Å². The predicted molar refractivity (Wildman–Crippen MR) is 196 cm³/mol. The number of hydrogen-bond donors (Lipinski definition) is 0. The maximum atomic E-state index is 8.94. The lowest BCUT2D eigenvalue weighted by atomic mass is 10.1. The van der Waals surface area contributed by atoms with Gasteiger partial charge in [0.05, 0.1) is 16.5 Å². The van der Waals surface area contributed by atoms with Crippen LogP contribution in [-0.2, 0) is 0 Å². The quantitative estimate of drug-likeness (QED) is 0.171. The van der Waals surface area contributed by atoms with Crippen molar-refractivity contribution in [3.05, 3.63) is 194 Å². The van der Waals surface area contributed by atoms with Crippen molar-refractivity contribution < 1.29 is 5.48 Å². The van der Waals surface area contributed by atoms with E-state index in [1.165, 1.54) is 0 Å². The Balaban J connectivity index is 1.27. The van der Waals surface area contributed by atoms with Gasteiger partial charge in [0.1, 0.15) is 5.82 Å². The van der Waals surface area contributed by atoms with Gasteiger partial charge in [-0.2, -0.15) is 0 Å². The third-order valence-electron chi connectivity index (χ3n) is 8.11. The third-order valence-corrected chi connectivity index (χ3v) is 8.11. The van der Waals surface area contributed by atoms with Gasteiger partial charge in [0.25, 0.3) is 0 Å². The average molecular weight is 609 g/mol. The van der Waals surface area contributed by atoms with E-state index in [-0.39, 0.29) is 29.7 Å². The fourth-order valence-corrected chi connectivity index (χ4v) is 5.96. The predicted octanol–water partition coefficient (Wildman–Crippen LogP) is 11.6. The van der Waals surface area contributed by atoms with Gasteiger partial charge in [0.2, 0.25) is 0 Å². The Morgan fingerprint density at radius 3 is 1.26 bits per heavy atom. The van der Waals surface area contributed by atoms with Gasteiger partial charge in [-0.1, -0.05) is 84.9 Å². The van der Waals surface area contributed by atoms with Gasteiger partial charge < -0.3 is 9.80 Å². The number of hydrogen-bond acceptors (Lipinski definition) is 3. The fourth-order valence-electron chi connectivity index (χ4n) is 5.96. The van der Waals surface area contributed by atoms with Crippen LogP contribution in [-0.4, -0.2) is 9.55 Å². The summed E-state index contributed by atoms with van der Waals surface area (Å²) in [5.41, 5.74) is 8.00. The Kier molecular flexibility index (Phi) is 6.38. The molecular formula is C43H32N4. The van der Waals surface area contributed by atoms with Gasteiger partial charge in [-0.25, -0.2) is 4.98 Å². The van der Waals surface area contributed by atoms with Crippen LogP contribution in [0.1, 0.15) is 5.48 Å². The summed E-state index contributed by atoms with van der Waals surface area (Å²) in [7, 11) is 0. The molecule has 7 aromatic carbocycles. The van der Waals surface area contributed by atoms with Gasteiger partial charge in [-0.3, -0.25) is 4.57 Å². The molecule has 8 rings (SSSR count). The Bertz CT molecular complexity index is 2360. The van der Waals surface area contributed by atoms with E-state index in [9.17, 15) is 0 Å². The van der Waals surface area contributed by atoms with E-state index in [1.807, 2.05) is 126 Å². The highest BCUT2D eigenvalue weighted by Gasteiger charge is 2.18. The molecule has 1 heterocycles. The fraction of sp³-hybridized carbons (Fsp3) is 0. The number of rotatable bonds is 8. The molecule has 0 atom stereocenters. The third kappa shape index (κ3) is 5.54. The number of benzene rings is 7. The van der Waals surface area contributed by atoms with Crippen LogP contribution in [0.3, 0.4) is 0 Å². The molecule has 47 heavy (non-hydrogen) atoms. The SMILES string of the molecule is [2H]c1c([2H])c([2H])c2c(nc(-c3ccc(N(c4ccccc4)c4ccccc4)cc3)n2-c2ccc(N(c3ccccc3)c3ccccc3)cc2)c1[2H]. The van der Waals surface area contributed by atoms with Crippen LogP contribution in [0, 0.1) is 0 Å². The first-order valence-electron chi connectivity index (χ1n) is 17.5. The molecule has 0 radical (unpaired) electrons. The van der Waals surface area contributed by atoms with Crippen LogP contribution in [0.4, 0.5) is 34.1 Å². The summed E-state index contributed by atoms with van der Waals surface area (Å²) in [5, 5.41) is 0. The van der Waals surface area contributed by atoms with Crippen molar-refractivity contribution in [3.8, 4) is 17.1 Å². The van der Waals surface area contributed by atoms with E-state index in [4.69, 9.17) is 10.5 Å². The van der Waals surface area contributed by atoms with Gasteiger partial charge in [-0.05, 0) is 109 Å². The van der Waals surface area contributed by atoms with E-state index in [0.717, 1.165) is 45.4 Å². The van der Waals surface area contributed by atoms with Crippen LogP contribution in [0.15, 0.2) is 194 Å². The van der Waals surface area contributed by atoms with E-state index >= 15 is 0 Å². The summed E-state index contributed by atoms with van der Waals surface area (Å²) in [6, 6.07) is 55.8. The highest BCUT2D eigenvalue weighted by Crippen LogP contribution is 2.38. The molecule has 0 aliphatic heterocycles. The molecule has 0 bridgehead atoms. The summed E-state index contributed by atoms with van der Waals surface area (Å²) in [4.78, 5) is 9.25. The molecule has 0 N–H and O–H groups in total. The molecule has 0 saturated heterocycles. The molecule has 8 aromatic rings. The van der Waals surface area contributed by atoms with Crippen LogP contribution >= 0.6 is 0 Å². The second kappa shape index (κ2) is 12.5. The minimum Gasteiger partial charge on any atom is -0.311 e. The zero-order valence-electron chi connectivity index (χ0n) is 29.5. The largest absolute Gasteiger partial charge is 0.311 e. The van der Waals surface area contributed by atoms with Crippen molar-refractivity contribution in [1.82, 2.24) is 9.55 Å². The Labute approximate surface area is 280 Å². The Hall–Kier alpha value is -6.39. The molecule has 0 saturated carbocycles. The Morgan fingerprint density at radius 2 is 0.809 bits per heavy atom. The molecule has 0 spiro atoms. The number of fused-ring (bicyclic) bond motifs is 1. The van der Waals surface area contributed by atoms with Crippen molar-refractivity contribution in [2.75, 3.05) is 9.80 Å². The number of aromatic nitrogens is 2. The van der Waals surface area contributed by atoms with Crippen molar-refractivity contribution in [1.29, 1.82) is 0 Å². The lowest BCUT2D eigenvalue weighted by Crippen LogP contribution is -2.10. The molecule has 4 heteroatoms. The maximum Gasteiger partial charge on any atom is 0.145 e. The van der Waals surface area contributed by atoms with Crippen LogP contribution in [0.25, 0.3) is 28.1 Å². The topological polar surface area (TPSA) is 24.3 Å². The summed E-state index contributed by atoms with van der Waals surface area (Å²) in [6.07, 6.45) is 0. The van der Waals surface area contributed by atoms with E-state index in [1.54, 1.807) is 0 Å². The molecule has 224 valence electrons. The summed E-state index contributed by atoms with van der Waals surface area (Å²) < 4.78 is 36.4. The number of anilines is 6. The second-order valence-corrected chi connectivity index (χ2v) is 11.0. The molecule has 0 aliphatic carbocycles. The van der Waals surface area contributed by atoms with Crippen LogP contribution in [0.5, 0.6) is 0 Å². The Morgan fingerprint density at radius 1 is 0.426 bits per heavy atom. The smallest absolute Gasteiger partial charge is 0.145 e. The first kappa shape index (κ1) is 23.9. The average Bonchev–Trinajstić information content (AvgIpc) is 3.60. The summed E-state index contributed by atoms with van der Waals surface area (Å²) >= 11 is 0. The standard InChI is InChI=1S/C43H32N4/c1-5-15-34(16-6-1)45(35-17-7-2-8-18-35)38-27-25-33(26-28-38)43-44-41-23-13-14-24-42(41)47(43)40-31-29-39(30-32-40)46(36-19-9-3-10-20-36)37-21-11-4-12-22-37/h1-32H/i13D,14D,23D,24D. The van der Waals surface area contributed by atoms with Crippen molar-refractivity contribution >= 4 is 45.2 Å². The van der Waals surface area contributed by atoms with Crippen molar-refractivity contribution in [3.63, 3.8) is 0 Å². The van der Waals surface area contributed by atoms with Gasteiger partial charge in [-0.15, -0.1) is 0 Å². The van der Waals surface area contributed by atoms with E-state index in [0.29, 0.717) is 11.3 Å². The number of para-hydroxylation sites is 6. The zero-order chi connectivity index (χ0) is 34.9. The first-order chi connectivity index (χ1) is 25.0. The molecule has 0 aliphatic rings. The zero-order valence-corrected chi connectivity index (χ0v) is 25.5. The minimum atomic E-state index is -0.308. The highest BCUT2D eigenvalue weighted by atomic mass is 15.2. The van der Waals surface area contributed by atoms with Gasteiger partial charge in [0.15, 0.2) is 0 Å². The molecule has 0 fully saturated rings. The summed E-state index contributed by atoms with van der Waals surface area (Å²) in [5.74, 6) is 0.519. The highest BCUT2D eigenvalue weighted by molar-refractivity contribution is 5.85. The van der Waals surface area contributed by atoms with Gasteiger partial charge >= 0.3 is 0 Å². The number of imidazole rings is 1. The van der Waals surface area contributed by atoms with E-state index < -0.39 is 0 Å². The van der Waals surface area contributed by atoms with E-state index in [2.05, 4.69) is 58.3 Å². The lowest BCUT2D eigenvalue weighted by molar-refractivity contribution is 1.10. The monoisotopic (exact) mass is 608 g/mol. The maximum absolute atomic E-state index is 8.94. The molecule has 0 unspecified atom stereocenters. The van der Waals surface area contributed by atoms with Crippen molar-refractivity contribution in [2.24, 2.45) is 0 Å². The van der Waals surface area contributed by atoms with Crippen LogP contribution < -0.4 is 9.80 Å². The molecule has 1 aromatic heterocycles. The molecular weight excluding hydrogens is 573 g/mol. The molecule has 0 amide bonds. The van der Waals surface area contributed by atoms with Gasteiger partial charge in [0, 0.05) is 45.4 Å². The van der Waals surface area contributed by atoms with Crippen molar-refractivity contribution in [2.45, 2.75) is 0 Å². The first-order valence-corrected chi connectivity index (χ1v) is 15.5. The molecule has 4 nitrogen and oxygen atoms in total. The lowest BCUT2D eigenvalue weighted by Gasteiger charge is -2.26. The summed E-state index contributed by atoms with van der Waals surface area (Å²) in [6.45, 7) is 0.